The summed E-state index contributed by atoms with van der Waals surface area (Å²) in [5.41, 5.74) is 5.37. The number of ether oxygens (including phenoxy) is 1. The summed E-state index contributed by atoms with van der Waals surface area (Å²) >= 11 is 0. The highest BCUT2D eigenvalue weighted by atomic mass is 16.5. The van der Waals surface area contributed by atoms with Crippen LogP contribution in [0.25, 0.3) is 0 Å². The molecule has 4 heteroatoms. The lowest BCUT2D eigenvalue weighted by molar-refractivity contribution is 0.0865. The van der Waals surface area contributed by atoms with Gasteiger partial charge in [-0.2, -0.15) is 0 Å². The molecule has 14 heavy (non-hydrogen) atoms. The highest BCUT2D eigenvalue weighted by Gasteiger charge is 2.11. The summed E-state index contributed by atoms with van der Waals surface area (Å²) in [7, 11) is 1.69. The van der Waals surface area contributed by atoms with Crippen molar-refractivity contribution in [1.29, 1.82) is 0 Å². The fourth-order valence-corrected chi connectivity index (χ4v) is 1.37. The minimum absolute atomic E-state index is 0.321. The highest BCUT2D eigenvalue weighted by Crippen LogP contribution is 1.99. The highest BCUT2D eigenvalue weighted by molar-refractivity contribution is 4.66. The maximum atomic E-state index is 9.43. The molecular weight excluding hydrogens is 180 g/mol. The van der Waals surface area contributed by atoms with E-state index < -0.39 is 6.10 Å². The Morgan fingerprint density at radius 3 is 2.43 bits per heavy atom. The lowest BCUT2D eigenvalue weighted by Crippen LogP contribution is -2.40. The van der Waals surface area contributed by atoms with Gasteiger partial charge in [-0.05, 0) is 5.92 Å². The van der Waals surface area contributed by atoms with Crippen molar-refractivity contribution in [3.8, 4) is 0 Å². The Hall–Kier alpha value is -0.160. The molecule has 0 aromatic heterocycles. The Kier molecular flexibility index (Phi) is 8.08. The average molecular weight is 204 g/mol. The summed E-state index contributed by atoms with van der Waals surface area (Å²) in [4.78, 5) is 2.19. The first-order chi connectivity index (χ1) is 6.60. The smallest absolute Gasteiger partial charge is 0.0789 e. The summed E-state index contributed by atoms with van der Waals surface area (Å²) in [5, 5.41) is 9.43. The van der Waals surface area contributed by atoms with E-state index in [1.54, 1.807) is 7.11 Å². The third-order valence-electron chi connectivity index (χ3n) is 1.98. The van der Waals surface area contributed by atoms with Crippen LogP contribution in [0.3, 0.4) is 0 Å². The maximum Gasteiger partial charge on any atom is 0.0789 e. The molecule has 0 aromatic rings. The zero-order valence-corrected chi connectivity index (χ0v) is 9.57. The van der Waals surface area contributed by atoms with Crippen LogP contribution in [0.2, 0.25) is 0 Å². The molecule has 1 unspecified atom stereocenters. The van der Waals surface area contributed by atoms with Gasteiger partial charge in [-0.1, -0.05) is 13.8 Å². The van der Waals surface area contributed by atoms with Crippen LogP contribution >= 0.6 is 0 Å². The normalized spacial score (nSPS) is 13.9. The molecule has 0 saturated heterocycles. The van der Waals surface area contributed by atoms with Gasteiger partial charge in [0.15, 0.2) is 0 Å². The maximum absolute atomic E-state index is 9.43. The van der Waals surface area contributed by atoms with Gasteiger partial charge in [0.25, 0.3) is 0 Å². The summed E-state index contributed by atoms with van der Waals surface area (Å²) in [6.45, 7) is 7.80. The van der Waals surface area contributed by atoms with Gasteiger partial charge in [-0.15, -0.1) is 0 Å². The molecule has 0 aliphatic carbocycles. The van der Waals surface area contributed by atoms with Crippen molar-refractivity contribution >= 4 is 0 Å². The van der Waals surface area contributed by atoms with E-state index in [0.29, 0.717) is 25.6 Å². The van der Waals surface area contributed by atoms with Crippen molar-refractivity contribution in [3.05, 3.63) is 0 Å². The van der Waals surface area contributed by atoms with E-state index in [9.17, 15) is 5.11 Å². The van der Waals surface area contributed by atoms with E-state index >= 15 is 0 Å². The predicted molar refractivity (Wildman–Crippen MR) is 58.2 cm³/mol. The van der Waals surface area contributed by atoms with Crippen molar-refractivity contribution in [3.63, 3.8) is 0 Å². The topological polar surface area (TPSA) is 58.7 Å². The molecule has 4 nitrogen and oxygen atoms in total. The van der Waals surface area contributed by atoms with E-state index in [1.807, 2.05) is 0 Å². The second-order valence-corrected chi connectivity index (χ2v) is 4.04. The second kappa shape index (κ2) is 8.17. The number of nitrogens with two attached hydrogens (primary N) is 1. The Morgan fingerprint density at radius 1 is 1.36 bits per heavy atom. The first-order valence-electron chi connectivity index (χ1n) is 5.19. The summed E-state index contributed by atoms with van der Waals surface area (Å²) in [6, 6.07) is 0. The van der Waals surface area contributed by atoms with Gasteiger partial charge in [0.2, 0.25) is 0 Å². The molecule has 0 aromatic carbocycles. The van der Waals surface area contributed by atoms with Gasteiger partial charge in [0.05, 0.1) is 12.7 Å². The summed E-state index contributed by atoms with van der Waals surface area (Å²) < 4.78 is 5.01. The van der Waals surface area contributed by atoms with Crippen molar-refractivity contribution in [2.75, 3.05) is 39.9 Å². The van der Waals surface area contributed by atoms with Crippen molar-refractivity contribution in [1.82, 2.24) is 4.90 Å². The fraction of sp³-hybridized carbons (Fsp3) is 1.00. The molecule has 3 N–H and O–H groups in total. The summed E-state index contributed by atoms with van der Waals surface area (Å²) in [5.74, 6) is 0.594. The molecule has 0 spiro atoms. The van der Waals surface area contributed by atoms with Gasteiger partial charge >= 0.3 is 0 Å². The van der Waals surface area contributed by atoms with Crippen LogP contribution in [0.4, 0.5) is 0 Å². The average Bonchev–Trinajstić information content (AvgIpc) is 2.13. The fourth-order valence-electron chi connectivity index (χ4n) is 1.37. The number of methoxy groups -OCH3 is 1. The third-order valence-corrected chi connectivity index (χ3v) is 1.98. The number of aliphatic hydroxyl groups is 1. The van der Waals surface area contributed by atoms with Crippen LogP contribution < -0.4 is 5.73 Å². The molecule has 86 valence electrons. The molecule has 0 radical (unpaired) electrons. The monoisotopic (exact) mass is 204 g/mol. The van der Waals surface area contributed by atoms with E-state index in [-0.39, 0.29) is 0 Å². The molecule has 0 aliphatic rings. The van der Waals surface area contributed by atoms with E-state index in [4.69, 9.17) is 10.5 Å². The molecule has 1 atom stereocenters. The lowest BCUT2D eigenvalue weighted by atomic mass is 10.2. The Labute approximate surface area is 87.0 Å². The predicted octanol–water partition coefficient (Wildman–Crippen LogP) is -0.0896. The SMILES string of the molecule is COCCN(CC(C)C)CC(O)CN. The van der Waals surface area contributed by atoms with E-state index in [1.165, 1.54) is 0 Å². The number of hydrogen-bond donors (Lipinski definition) is 2. The molecule has 0 amide bonds. The molecule has 0 aliphatic heterocycles. The number of nitrogens with zero attached hydrogens (tertiary/aromatic N) is 1. The zero-order chi connectivity index (χ0) is 11.0. The molecule has 0 saturated carbocycles. The van der Waals surface area contributed by atoms with Gasteiger partial charge < -0.3 is 15.6 Å². The van der Waals surface area contributed by atoms with Crippen LogP contribution in [0.5, 0.6) is 0 Å². The van der Waals surface area contributed by atoms with Gasteiger partial charge in [-0.3, -0.25) is 4.90 Å². The van der Waals surface area contributed by atoms with Crippen LogP contribution in [0.1, 0.15) is 13.8 Å². The third kappa shape index (κ3) is 7.26. The van der Waals surface area contributed by atoms with Crippen LogP contribution in [-0.2, 0) is 4.74 Å². The van der Waals surface area contributed by atoms with E-state index in [2.05, 4.69) is 18.7 Å². The first kappa shape index (κ1) is 13.8. The molecule has 0 fully saturated rings. The van der Waals surface area contributed by atoms with Crippen LogP contribution in [-0.4, -0.2) is 56.0 Å². The van der Waals surface area contributed by atoms with Gasteiger partial charge in [-0.25, -0.2) is 0 Å². The molecule has 0 rings (SSSR count). The molecule has 0 heterocycles. The number of hydrogen-bond acceptors (Lipinski definition) is 4. The Balaban J connectivity index is 3.83. The number of aliphatic hydroxyl groups excluding tert-OH is 1. The quantitative estimate of drug-likeness (QED) is 0.580. The van der Waals surface area contributed by atoms with Crippen LogP contribution in [0.15, 0.2) is 0 Å². The first-order valence-corrected chi connectivity index (χ1v) is 5.19. The standard InChI is InChI=1S/C10H24N2O2/c1-9(2)7-12(4-5-14-3)8-10(13)6-11/h9-10,13H,4-8,11H2,1-3H3. The minimum atomic E-state index is -0.425. The zero-order valence-electron chi connectivity index (χ0n) is 9.57. The molecular formula is C10H24N2O2. The Bertz CT molecular complexity index is 131. The Morgan fingerprint density at radius 2 is 2.00 bits per heavy atom. The van der Waals surface area contributed by atoms with E-state index in [0.717, 1.165) is 13.1 Å². The largest absolute Gasteiger partial charge is 0.390 e. The van der Waals surface area contributed by atoms with Gasteiger partial charge in [0, 0.05) is 33.3 Å². The minimum Gasteiger partial charge on any atom is -0.390 e. The van der Waals surface area contributed by atoms with Crippen molar-refractivity contribution in [2.45, 2.75) is 20.0 Å². The van der Waals surface area contributed by atoms with Gasteiger partial charge in [0.1, 0.15) is 0 Å². The van der Waals surface area contributed by atoms with Crippen molar-refractivity contribution < 1.29 is 9.84 Å². The second-order valence-electron chi connectivity index (χ2n) is 4.04. The van der Waals surface area contributed by atoms with Crippen molar-refractivity contribution in [2.24, 2.45) is 11.7 Å². The number of rotatable bonds is 8. The van der Waals surface area contributed by atoms with Crippen LogP contribution in [0, 0.1) is 5.92 Å². The lowest BCUT2D eigenvalue weighted by Gasteiger charge is -2.25. The molecule has 0 bridgehead atoms. The summed E-state index contributed by atoms with van der Waals surface area (Å²) in [6.07, 6.45) is -0.425.